The molecular formula is C6H11N2O3P. The van der Waals surface area contributed by atoms with Crippen molar-refractivity contribution in [1.29, 1.82) is 0 Å². The molecule has 1 fully saturated rings. The van der Waals surface area contributed by atoms with Gasteiger partial charge in [-0.05, 0) is 0 Å². The van der Waals surface area contributed by atoms with Gasteiger partial charge in [0.15, 0.2) is 5.78 Å². The minimum Gasteiger partial charge on any atom is -0.298 e. The van der Waals surface area contributed by atoms with E-state index >= 15 is 0 Å². The Morgan fingerprint density at radius 3 is 2.83 bits per heavy atom. The topological polar surface area (TPSA) is 58.6 Å². The molecule has 0 aromatic heterocycles. The zero-order chi connectivity index (χ0) is 9.14. The Balaban J connectivity index is 2.67. The first-order valence-corrected chi connectivity index (χ1v) is 4.10. The summed E-state index contributed by atoms with van der Waals surface area (Å²) < 4.78 is 0. The molecule has 2 atom stereocenters. The predicted octanol–water partition coefficient (Wildman–Crippen LogP) is -0.903. The molecule has 1 saturated heterocycles. The van der Waals surface area contributed by atoms with Gasteiger partial charge in [0.05, 0.1) is 13.2 Å². The van der Waals surface area contributed by atoms with Crippen LogP contribution in [0.15, 0.2) is 0 Å². The fraction of sp³-hybridized carbons (Fsp3) is 0.667. The van der Waals surface area contributed by atoms with Gasteiger partial charge in [0.2, 0.25) is 0 Å². The minimum absolute atomic E-state index is 0.00333. The zero-order valence-electron chi connectivity index (χ0n) is 6.74. The Morgan fingerprint density at radius 2 is 2.33 bits per heavy atom. The van der Waals surface area contributed by atoms with E-state index in [2.05, 4.69) is 14.5 Å². The van der Waals surface area contributed by atoms with Crippen molar-refractivity contribution >= 4 is 21.1 Å². The van der Waals surface area contributed by atoms with E-state index in [1.165, 1.54) is 7.11 Å². The first-order valence-electron chi connectivity index (χ1n) is 3.52. The summed E-state index contributed by atoms with van der Waals surface area (Å²) in [5, 5.41) is 3.74. The van der Waals surface area contributed by atoms with Crippen molar-refractivity contribution < 1.29 is 14.4 Å². The lowest BCUT2D eigenvalue weighted by molar-refractivity contribution is -0.185. The number of Topliss-reactive ketones (excluding diaryl/α,β-unsaturated/α-hetero) is 1. The second-order valence-electron chi connectivity index (χ2n) is 2.52. The maximum Gasteiger partial charge on any atom is 0.264 e. The van der Waals surface area contributed by atoms with Crippen molar-refractivity contribution in [1.82, 2.24) is 10.2 Å². The lowest BCUT2D eigenvalue weighted by atomic mass is 10.1. The highest BCUT2D eigenvalue weighted by Crippen LogP contribution is 2.09. The number of hydrogen-bond acceptors (Lipinski definition) is 4. The zero-order valence-corrected chi connectivity index (χ0v) is 7.90. The molecule has 1 heterocycles. The smallest absolute Gasteiger partial charge is 0.264 e. The van der Waals surface area contributed by atoms with Gasteiger partial charge in [-0.3, -0.25) is 19.5 Å². The van der Waals surface area contributed by atoms with Crippen LogP contribution in [0.3, 0.4) is 0 Å². The Kier molecular flexibility index (Phi) is 3.14. The van der Waals surface area contributed by atoms with Crippen molar-refractivity contribution in [3.8, 4) is 0 Å². The molecule has 12 heavy (non-hydrogen) atoms. The van der Waals surface area contributed by atoms with Gasteiger partial charge in [-0.2, -0.15) is 0 Å². The second-order valence-corrected chi connectivity index (χ2v) is 2.85. The lowest BCUT2D eigenvalue weighted by Gasteiger charge is -2.28. The van der Waals surface area contributed by atoms with Crippen LogP contribution in [0.5, 0.6) is 0 Å². The number of ketones is 1. The maximum absolute atomic E-state index is 11.3. The fourth-order valence-electron chi connectivity index (χ4n) is 1.08. The average molecular weight is 190 g/mol. The van der Waals surface area contributed by atoms with Crippen molar-refractivity contribution in [2.45, 2.75) is 12.5 Å². The van der Waals surface area contributed by atoms with E-state index in [9.17, 15) is 9.59 Å². The Morgan fingerprint density at radius 1 is 1.67 bits per heavy atom. The van der Waals surface area contributed by atoms with Gasteiger partial charge in [-0.1, -0.05) is 9.39 Å². The van der Waals surface area contributed by atoms with Gasteiger partial charge in [0, 0.05) is 6.42 Å². The van der Waals surface area contributed by atoms with Gasteiger partial charge in [-0.15, -0.1) is 0 Å². The molecular weight excluding hydrogens is 179 g/mol. The predicted molar refractivity (Wildman–Crippen MR) is 45.0 cm³/mol. The number of hydrogen-bond donors (Lipinski definition) is 1. The maximum atomic E-state index is 11.3. The van der Waals surface area contributed by atoms with E-state index in [0.29, 0.717) is 0 Å². The first-order chi connectivity index (χ1) is 5.69. The van der Waals surface area contributed by atoms with Gasteiger partial charge in [0.25, 0.3) is 5.91 Å². The molecule has 1 amide bonds. The van der Waals surface area contributed by atoms with E-state index in [1.807, 2.05) is 0 Å². The number of nitrogens with one attached hydrogen (secondary N) is 1. The summed E-state index contributed by atoms with van der Waals surface area (Å²) in [6.07, 6.45) is 0.238. The number of carbonyl (C=O) groups is 2. The van der Waals surface area contributed by atoms with Crippen LogP contribution in [0.25, 0.3) is 0 Å². The lowest BCUT2D eigenvalue weighted by Crippen LogP contribution is -2.51. The molecule has 1 aliphatic heterocycles. The third-order valence-corrected chi connectivity index (χ3v) is 2.12. The molecule has 0 aromatic rings. The summed E-state index contributed by atoms with van der Waals surface area (Å²) >= 11 is 0. The van der Waals surface area contributed by atoms with Gasteiger partial charge in [-0.25, -0.2) is 5.06 Å². The third kappa shape index (κ3) is 1.80. The van der Waals surface area contributed by atoms with Crippen molar-refractivity contribution in [3.63, 3.8) is 0 Å². The molecule has 68 valence electrons. The number of piperidine rings is 1. The number of amides is 1. The Bertz CT molecular complexity index is 191. The van der Waals surface area contributed by atoms with Crippen molar-refractivity contribution in [2.24, 2.45) is 0 Å². The van der Waals surface area contributed by atoms with Gasteiger partial charge in [0.1, 0.15) is 6.54 Å². The SMILES string of the molecule is CON1CC(=O)CC(NP)C1=O. The van der Waals surface area contributed by atoms with Crippen LogP contribution in [-0.2, 0) is 14.4 Å². The minimum atomic E-state index is -0.462. The quantitative estimate of drug-likeness (QED) is 0.573. The largest absolute Gasteiger partial charge is 0.298 e. The van der Waals surface area contributed by atoms with Crippen molar-refractivity contribution in [3.05, 3.63) is 0 Å². The summed E-state index contributed by atoms with van der Waals surface area (Å²) in [4.78, 5) is 27.0. The second kappa shape index (κ2) is 3.94. The Labute approximate surface area is 72.6 Å². The van der Waals surface area contributed by atoms with Crippen LogP contribution in [0.2, 0.25) is 0 Å². The van der Waals surface area contributed by atoms with E-state index in [4.69, 9.17) is 4.84 Å². The normalized spacial score (nSPS) is 24.8. The molecule has 0 radical (unpaired) electrons. The van der Waals surface area contributed by atoms with Gasteiger partial charge >= 0.3 is 0 Å². The molecule has 0 saturated carbocycles. The van der Waals surface area contributed by atoms with Gasteiger partial charge < -0.3 is 0 Å². The average Bonchev–Trinajstić information content (AvgIpc) is 2.08. The summed E-state index contributed by atoms with van der Waals surface area (Å²) in [6, 6.07) is -0.462. The Hall–Kier alpha value is -0.510. The van der Waals surface area contributed by atoms with E-state index in [0.717, 1.165) is 5.06 Å². The molecule has 1 aliphatic rings. The summed E-state index contributed by atoms with van der Waals surface area (Å²) in [5.74, 6) is -0.205. The van der Waals surface area contributed by atoms with Crippen LogP contribution in [0.1, 0.15) is 6.42 Å². The number of hydroxylamine groups is 2. The highest BCUT2D eigenvalue weighted by Gasteiger charge is 2.32. The molecule has 0 spiro atoms. The fourth-order valence-corrected chi connectivity index (χ4v) is 1.34. The van der Waals surface area contributed by atoms with E-state index in [1.54, 1.807) is 0 Å². The molecule has 5 nitrogen and oxygen atoms in total. The van der Waals surface area contributed by atoms with Crippen molar-refractivity contribution in [2.75, 3.05) is 13.7 Å². The first kappa shape index (κ1) is 9.58. The summed E-state index contributed by atoms with van der Waals surface area (Å²) in [7, 11) is 3.59. The van der Waals surface area contributed by atoms with Crippen LogP contribution >= 0.6 is 9.39 Å². The molecule has 0 bridgehead atoms. The molecule has 6 heteroatoms. The molecule has 1 rings (SSSR count). The highest BCUT2D eigenvalue weighted by atomic mass is 31.0. The number of carbonyl (C=O) groups excluding carboxylic acids is 2. The van der Waals surface area contributed by atoms with Crippen LogP contribution < -0.4 is 5.09 Å². The highest BCUT2D eigenvalue weighted by molar-refractivity contribution is 7.13. The molecule has 1 N–H and O–H groups in total. The molecule has 0 aliphatic carbocycles. The van der Waals surface area contributed by atoms with Crippen LogP contribution in [0, 0.1) is 0 Å². The summed E-state index contributed by atoms with van der Waals surface area (Å²) in [5.41, 5.74) is 0. The van der Waals surface area contributed by atoms with Crippen LogP contribution in [0.4, 0.5) is 0 Å². The number of nitrogens with zero attached hydrogens (tertiary/aromatic N) is 1. The van der Waals surface area contributed by atoms with Crippen LogP contribution in [-0.4, -0.2) is 36.5 Å². The molecule has 2 unspecified atom stereocenters. The molecule has 0 aromatic carbocycles. The van der Waals surface area contributed by atoms with E-state index < -0.39 is 6.04 Å². The third-order valence-electron chi connectivity index (χ3n) is 1.72. The summed E-state index contributed by atoms with van der Waals surface area (Å²) in [6.45, 7) is 0.0537. The van der Waals surface area contributed by atoms with E-state index in [-0.39, 0.29) is 24.7 Å². The standard InChI is InChI=1S/C6H11N2O3P/c1-11-8-3-4(9)2-5(7-12)6(8)10/h5,7H,2-3,12H2,1H3. The monoisotopic (exact) mass is 190 g/mol. The number of rotatable bonds is 2.